The van der Waals surface area contributed by atoms with Crippen LogP contribution in [-0.4, -0.2) is 86.6 Å². The van der Waals surface area contributed by atoms with E-state index in [9.17, 15) is 30.6 Å². The Morgan fingerprint density at radius 3 is 1.34 bits per heavy atom. The quantitative estimate of drug-likeness (QED) is 0.139. The second-order valence-corrected chi connectivity index (χ2v) is 21.4. The van der Waals surface area contributed by atoms with Crippen molar-refractivity contribution < 1.29 is 9.59 Å². The number of carbonyl (C=O) groups is 2. The average Bonchev–Trinajstić information content (AvgIpc) is 4.21. The molecule has 0 saturated carbocycles. The van der Waals surface area contributed by atoms with Gasteiger partial charge in [0.05, 0.1) is 70.2 Å². The first kappa shape index (κ1) is 49.8. The minimum Gasteiger partial charge on any atom is -0.343 e. The van der Waals surface area contributed by atoms with Gasteiger partial charge in [0.1, 0.15) is 24.3 Å². The summed E-state index contributed by atoms with van der Waals surface area (Å²) in [5.41, 5.74) is 9.15. The summed E-state index contributed by atoms with van der Waals surface area (Å²) in [6, 6.07) is 28.4. The number of piperidine rings is 2. The van der Waals surface area contributed by atoms with Crippen molar-refractivity contribution in [3.05, 3.63) is 131 Å². The van der Waals surface area contributed by atoms with Crippen molar-refractivity contribution in [2.45, 2.75) is 98.9 Å². The number of rotatable bonds is 8. The van der Waals surface area contributed by atoms with E-state index in [1.54, 1.807) is 40.5 Å². The van der Waals surface area contributed by atoms with E-state index in [4.69, 9.17) is 10.2 Å². The largest absolute Gasteiger partial charge is 0.343 e. The van der Waals surface area contributed by atoms with Gasteiger partial charge in [-0.25, -0.2) is 9.03 Å². The van der Waals surface area contributed by atoms with Crippen molar-refractivity contribution in [2.24, 2.45) is 5.41 Å². The van der Waals surface area contributed by atoms with E-state index in [0.717, 1.165) is 116 Å². The highest BCUT2D eigenvalue weighted by molar-refractivity contribution is 8.00. The lowest BCUT2D eigenvalue weighted by atomic mass is 9.93. The number of pyridine rings is 2. The Balaban J connectivity index is 0.000000180. The predicted molar refractivity (Wildman–Crippen MR) is 277 cm³/mol. The Morgan fingerprint density at radius 2 is 0.959 bits per heavy atom. The van der Waals surface area contributed by atoms with Crippen LogP contribution in [0.15, 0.2) is 117 Å². The van der Waals surface area contributed by atoms with E-state index < -0.39 is 0 Å². The monoisotopic (exact) mass is 1000 g/mol. The second-order valence-electron chi connectivity index (χ2n) is 19.2. The van der Waals surface area contributed by atoms with Crippen LogP contribution in [-0.2, 0) is 9.59 Å². The van der Waals surface area contributed by atoms with Gasteiger partial charge in [-0.05, 0) is 75.9 Å². The number of benzene rings is 2. The maximum Gasteiger partial charge on any atom is 0.227 e. The number of amides is 2. The summed E-state index contributed by atoms with van der Waals surface area (Å²) in [6.45, 7) is 14.6. The van der Waals surface area contributed by atoms with E-state index >= 15 is 0 Å². The fraction of sp³-hybridized carbons (Fsp3) is 0.309. The molecule has 2 amide bonds. The fourth-order valence-corrected chi connectivity index (χ4v) is 11.9. The van der Waals surface area contributed by atoms with Gasteiger partial charge in [-0.15, -0.1) is 0 Å². The van der Waals surface area contributed by atoms with Crippen LogP contribution in [0.25, 0.3) is 33.3 Å². The first-order chi connectivity index (χ1) is 35.2. The summed E-state index contributed by atoms with van der Waals surface area (Å²) in [5, 5.41) is 56.8. The van der Waals surface area contributed by atoms with Crippen molar-refractivity contribution in [1.29, 1.82) is 21.0 Å². The number of fused-ring (bicyclic) bond motifs is 2. The van der Waals surface area contributed by atoms with Gasteiger partial charge in [-0.1, -0.05) is 68.6 Å². The van der Waals surface area contributed by atoms with Crippen molar-refractivity contribution in [1.82, 2.24) is 48.6 Å². The highest BCUT2D eigenvalue weighted by atomic mass is 32.2. The van der Waals surface area contributed by atoms with Gasteiger partial charge >= 0.3 is 0 Å². The van der Waals surface area contributed by atoms with Crippen LogP contribution < -0.4 is 0 Å². The standard InChI is InChI=1S/C29H29N7OS.C26H23N7OS/c1-19-24(17-33-36(19)23-9-11-34(12-10-23)28(37)29(2,3)4)21-13-26(27-22(15-31)16-32-35(27)18-21)38-25-8-6-5-7-20(25)14-30;1-17-23(15-30-33(17)22-7-9-31(10-8-22)18(2)34)20-11-25(26-21(13-28)14-29-32(26)16-20)35-24-6-4-3-5-19(24)12-27/h5-8,13,16-18,23H,9-12H2,1-4H3;3-6,11,14-16,22H,7-10H2,1-2H3. The highest BCUT2D eigenvalue weighted by Crippen LogP contribution is 2.40. The van der Waals surface area contributed by atoms with Gasteiger partial charge in [0.2, 0.25) is 11.8 Å². The number of carbonyl (C=O) groups excluding carboxylic acids is 2. The molecule has 73 heavy (non-hydrogen) atoms. The first-order valence-electron chi connectivity index (χ1n) is 24.0. The van der Waals surface area contributed by atoms with E-state index in [1.165, 1.54) is 23.5 Å². The summed E-state index contributed by atoms with van der Waals surface area (Å²) in [5.74, 6) is 0.315. The van der Waals surface area contributed by atoms with E-state index in [2.05, 4.69) is 63.8 Å². The maximum atomic E-state index is 12.7. The summed E-state index contributed by atoms with van der Waals surface area (Å²) in [4.78, 5) is 31.6. The molecule has 2 fully saturated rings. The van der Waals surface area contributed by atoms with E-state index in [1.807, 2.05) is 97.8 Å². The SMILES string of the molecule is CC(=O)N1CCC(n2ncc(-c3cc(Sc4ccccc4C#N)c4c(C#N)cnn4c3)c2C)CC1.Cc1c(-c2cc(Sc3ccccc3C#N)c3c(C#N)cnn3c2)cnn1C1CCN(C(=O)C(C)(C)C)CC1. The van der Waals surface area contributed by atoms with E-state index in [0.29, 0.717) is 22.3 Å². The molecule has 2 aliphatic heterocycles. The predicted octanol–water partition coefficient (Wildman–Crippen LogP) is 10.2. The van der Waals surface area contributed by atoms with E-state index in [-0.39, 0.29) is 29.3 Å². The molecule has 0 spiro atoms. The lowest BCUT2D eigenvalue weighted by molar-refractivity contribution is -0.140. The average molecular weight is 1010 g/mol. The molecule has 18 heteroatoms. The Labute approximate surface area is 432 Å². The van der Waals surface area contributed by atoms with Gasteiger partial charge in [0.15, 0.2) is 0 Å². The zero-order valence-electron chi connectivity index (χ0n) is 41.4. The molecule has 366 valence electrons. The molecule has 0 unspecified atom stereocenters. The van der Waals surface area contributed by atoms with Gasteiger partial charge < -0.3 is 9.80 Å². The summed E-state index contributed by atoms with van der Waals surface area (Å²) < 4.78 is 7.62. The smallest absolute Gasteiger partial charge is 0.227 e. The molecular formula is C55H52N14O2S2. The molecule has 16 nitrogen and oxygen atoms in total. The minimum absolute atomic E-state index is 0.119. The fourth-order valence-electron chi connectivity index (χ4n) is 9.68. The number of likely N-dealkylation sites (tertiary alicyclic amines) is 2. The molecule has 0 aliphatic carbocycles. The Morgan fingerprint density at radius 1 is 0.562 bits per heavy atom. The van der Waals surface area contributed by atoms with Crippen molar-refractivity contribution in [3.8, 4) is 46.5 Å². The normalized spacial score (nSPS) is 14.3. The zero-order chi connectivity index (χ0) is 51.6. The van der Waals surface area contributed by atoms with Crippen molar-refractivity contribution in [2.75, 3.05) is 26.2 Å². The molecular weight excluding hydrogens is 953 g/mol. The number of nitriles is 4. The van der Waals surface area contributed by atoms with Crippen LogP contribution in [0, 0.1) is 64.6 Å². The third kappa shape index (κ3) is 10.1. The summed E-state index contributed by atoms with van der Waals surface area (Å²) in [7, 11) is 0. The Kier molecular flexibility index (Phi) is 14.3. The molecule has 2 saturated heterocycles. The van der Waals surface area contributed by atoms with Crippen LogP contribution in [0.2, 0.25) is 0 Å². The van der Waals surface area contributed by atoms with Gasteiger partial charge in [-0.2, -0.15) is 41.4 Å². The van der Waals surface area contributed by atoms with Gasteiger partial charge in [0.25, 0.3) is 0 Å². The molecule has 2 aromatic carbocycles. The maximum absolute atomic E-state index is 12.7. The topological polar surface area (TPSA) is 206 Å². The Bertz CT molecular complexity index is 3590. The summed E-state index contributed by atoms with van der Waals surface area (Å²) >= 11 is 2.91. The minimum atomic E-state index is -0.373. The van der Waals surface area contributed by atoms with Crippen LogP contribution in [0.1, 0.15) is 99.1 Å². The first-order valence-corrected chi connectivity index (χ1v) is 25.6. The molecule has 2 aliphatic rings. The molecule has 8 aromatic rings. The van der Waals surface area contributed by atoms with Crippen LogP contribution in [0.4, 0.5) is 0 Å². The zero-order valence-corrected chi connectivity index (χ0v) is 43.1. The molecule has 0 radical (unpaired) electrons. The molecule has 10 rings (SSSR count). The molecule has 0 bridgehead atoms. The van der Waals surface area contributed by atoms with Gasteiger partial charge in [-0.3, -0.25) is 19.0 Å². The van der Waals surface area contributed by atoms with Crippen LogP contribution in [0.3, 0.4) is 0 Å². The third-order valence-corrected chi connectivity index (χ3v) is 15.8. The van der Waals surface area contributed by atoms with Crippen LogP contribution in [0.5, 0.6) is 0 Å². The molecule has 0 atom stereocenters. The lowest BCUT2D eigenvalue weighted by Gasteiger charge is -2.36. The molecule has 8 heterocycles. The number of aromatic nitrogens is 8. The second kappa shape index (κ2) is 20.9. The van der Waals surface area contributed by atoms with Crippen molar-refractivity contribution >= 4 is 46.4 Å². The molecule has 6 aromatic heterocycles. The number of hydrogen-bond acceptors (Lipinski definition) is 12. The molecule has 0 N–H and O–H groups in total. The lowest BCUT2D eigenvalue weighted by Crippen LogP contribution is -2.44. The van der Waals surface area contributed by atoms with Crippen molar-refractivity contribution in [3.63, 3.8) is 0 Å². The summed E-state index contributed by atoms with van der Waals surface area (Å²) in [6.07, 6.45) is 14.2. The third-order valence-electron chi connectivity index (χ3n) is 13.6. The number of nitrogens with zero attached hydrogens (tertiary/aromatic N) is 14. The number of hydrogen-bond donors (Lipinski definition) is 0. The Hall–Kier alpha value is -8.16. The van der Waals surface area contributed by atoms with Crippen LogP contribution >= 0.6 is 23.5 Å². The highest BCUT2D eigenvalue weighted by Gasteiger charge is 2.32. The van der Waals surface area contributed by atoms with Gasteiger partial charge in [0, 0.05) is 104 Å².